The molecule has 0 amide bonds. The van der Waals surface area contributed by atoms with Crippen LogP contribution in [0.2, 0.25) is 0 Å². The third-order valence-electron chi connectivity index (χ3n) is 5.69. The molecule has 0 atom stereocenters. The van der Waals surface area contributed by atoms with E-state index in [9.17, 15) is 9.59 Å². The molecule has 0 bridgehead atoms. The second kappa shape index (κ2) is 12.0. The summed E-state index contributed by atoms with van der Waals surface area (Å²) in [5, 5.41) is 0. The zero-order valence-electron chi connectivity index (χ0n) is 22.5. The molecule has 0 spiro atoms. The minimum absolute atomic E-state index is 0.00237. The number of hydrogen-bond acceptors (Lipinski definition) is 4. The normalized spacial score (nSPS) is 12.9. The van der Waals surface area contributed by atoms with E-state index in [4.69, 9.17) is 9.47 Å². The van der Waals surface area contributed by atoms with Crippen molar-refractivity contribution in [1.82, 2.24) is 0 Å². The van der Waals surface area contributed by atoms with Crippen LogP contribution in [0.1, 0.15) is 90.5 Å². The van der Waals surface area contributed by atoms with E-state index in [-0.39, 0.29) is 10.8 Å². The second-order valence-corrected chi connectivity index (χ2v) is 10.8. The minimum Gasteiger partial charge on any atom is -0.463 e. The Hall–Kier alpha value is -3.14. The van der Waals surface area contributed by atoms with E-state index in [1.54, 1.807) is 6.08 Å². The largest absolute Gasteiger partial charge is 0.463 e. The predicted molar refractivity (Wildman–Crippen MR) is 144 cm³/mol. The average Bonchev–Trinajstić information content (AvgIpc) is 2.77. The Balaban J connectivity index is 2.64. The number of ether oxygens (including phenoxy) is 2. The van der Waals surface area contributed by atoms with Crippen molar-refractivity contribution in [2.45, 2.75) is 79.1 Å². The lowest BCUT2D eigenvalue weighted by atomic mass is 9.85. The Kier molecular flexibility index (Phi) is 9.64. The lowest BCUT2D eigenvalue weighted by Crippen LogP contribution is -2.11. The lowest BCUT2D eigenvalue weighted by Gasteiger charge is -2.21. The highest BCUT2D eigenvalue weighted by molar-refractivity contribution is 5.98. The lowest BCUT2D eigenvalue weighted by molar-refractivity contribution is -0.138. The van der Waals surface area contributed by atoms with Gasteiger partial charge in [-0.15, -0.1) is 0 Å². The monoisotopic (exact) mass is 476 g/mol. The molecule has 0 aliphatic carbocycles. The number of carbonyl (C=O) groups excluding carboxylic acids is 2. The Morgan fingerprint density at radius 2 is 1.26 bits per heavy atom. The van der Waals surface area contributed by atoms with E-state index >= 15 is 0 Å². The molecule has 4 heteroatoms. The Labute approximate surface area is 211 Å². The summed E-state index contributed by atoms with van der Waals surface area (Å²) in [7, 11) is 0. The van der Waals surface area contributed by atoms with Crippen molar-refractivity contribution in [3.8, 4) is 0 Å². The highest BCUT2D eigenvalue weighted by Crippen LogP contribution is 2.32. The zero-order chi connectivity index (χ0) is 26.2. The number of carbonyl (C=O) groups is 2. The van der Waals surface area contributed by atoms with Gasteiger partial charge in [0.1, 0.15) is 5.76 Å². The molecule has 188 valence electrons. The maximum atomic E-state index is 12.3. The molecule has 35 heavy (non-hydrogen) atoms. The van der Waals surface area contributed by atoms with E-state index < -0.39 is 11.9 Å². The Bertz CT molecular complexity index is 1060. The summed E-state index contributed by atoms with van der Waals surface area (Å²) >= 11 is 0. The highest BCUT2D eigenvalue weighted by Gasteiger charge is 2.19. The highest BCUT2D eigenvalue weighted by atomic mass is 16.5. The molecule has 0 saturated carbocycles. The van der Waals surface area contributed by atoms with Crippen LogP contribution in [0, 0.1) is 0 Å². The van der Waals surface area contributed by atoms with Crippen molar-refractivity contribution >= 4 is 23.3 Å². The summed E-state index contributed by atoms with van der Waals surface area (Å²) in [6.45, 7) is 16.7. The number of benzene rings is 2. The van der Waals surface area contributed by atoms with Crippen molar-refractivity contribution in [2.75, 3.05) is 6.61 Å². The molecule has 2 aromatic rings. The van der Waals surface area contributed by atoms with E-state index in [2.05, 4.69) is 53.7 Å². The van der Waals surface area contributed by atoms with E-state index in [1.807, 2.05) is 43.3 Å². The standard InChI is InChI=1S/C31H40O4/c1-9-10-21-34-28(33)20-19-27(23-11-15-25(16-12-23)30(3,4)5)29(35-22(2)32)24-13-17-26(18-14-24)31(6,7)8/h11-20H,9-10,21H2,1-8H3/b20-19+,29-27-. The van der Waals surface area contributed by atoms with Crippen LogP contribution in [0.15, 0.2) is 60.7 Å². The number of rotatable bonds is 8. The number of esters is 2. The maximum absolute atomic E-state index is 12.3. The molecule has 0 radical (unpaired) electrons. The van der Waals surface area contributed by atoms with Gasteiger partial charge >= 0.3 is 11.9 Å². The summed E-state index contributed by atoms with van der Waals surface area (Å²) in [4.78, 5) is 24.5. The minimum atomic E-state index is -0.428. The first-order valence-electron chi connectivity index (χ1n) is 12.3. The number of unbranched alkanes of at least 4 members (excludes halogenated alkanes) is 1. The van der Waals surface area contributed by atoms with Crippen molar-refractivity contribution < 1.29 is 19.1 Å². The van der Waals surface area contributed by atoms with Crippen molar-refractivity contribution in [1.29, 1.82) is 0 Å². The summed E-state index contributed by atoms with van der Waals surface area (Å²) in [5.74, 6) is -0.450. The fourth-order valence-electron chi connectivity index (χ4n) is 3.50. The summed E-state index contributed by atoms with van der Waals surface area (Å²) in [6, 6.07) is 16.1. The second-order valence-electron chi connectivity index (χ2n) is 10.8. The zero-order valence-corrected chi connectivity index (χ0v) is 22.5. The van der Waals surface area contributed by atoms with Gasteiger partial charge in [-0.05, 0) is 40.0 Å². The first kappa shape index (κ1) is 28.1. The van der Waals surface area contributed by atoms with Gasteiger partial charge in [0, 0.05) is 24.1 Å². The first-order valence-corrected chi connectivity index (χ1v) is 12.3. The molecule has 0 unspecified atom stereocenters. The van der Waals surface area contributed by atoms with Gasteiger partial charge in [0.15, 0.2) is 0 Å². The van der Waals surface area contributed by atoms with Gasteiger partial charge in [-0.2, -0.15) is 0 Å². The SMILES string of the molecule is CCCCOC(=O)/C=C/C(=C(/OC(C)=O)c1ccc(C(C)(C)C)cc1)c1ccc(C(C)(C)C)cc1. The van der Waals surface area contributed by atoms with Gasteiger partial charge in [0.2, 0.25) is 0 Å². The third-order valence-corrected chi connectivity index (χ3v) is 5.69. The summed E-state index contributed by atoms with van der Waals surface area (Å²) in [6.07, 6.45) is 4.84. The molecule has 0 N–H and O–H groups in total. The van der Waals surface area contributed by atoms with Crippen molar-refractivity contribution in [3.05, 3.63) is 82.9 Å². The van der Waals surface area contributed by atoms with Crippen LogP contribution in [-0.2, 0) is 29.9 Å². The van der Waals surface area contributed by atoms with E-state index in [0.29, 0.717) is 17.9 Å². The summed E-state index contributed by atoms with van der Waals surface area (Å²) < 4.78 is 11.0. The number of hydrogen-bond donors (Lipinski definition) is 0. The Morgan fingerprint density at radius 3 is 1.69 bits per heavy atom. The van der Waals surface area contributed by atoms with Crippen LogP contribution in [0.4, 0.5) is 0 Å². The molecular weight excluding hydrogens is 436 g/mol. The van der Waals surface area contributed by atoms with E-state index in [1.165, 1.54) is 24.1 Å². The fourth-order valence-corrected chi connectivity index (χ4v) is 3.50. The molecule has 0 heterocycles. The molecule has 2 rings (SSSR count). The van der Waals surface area contributed by atoms with Crippen molar-refractivity contribution in [2.24, 2.45) is 0 Å². The van der Waals surface area contributed by atoms with Gasteiger partial charge in [-0.1, -0.05) is 103 Å². The molecule has 4 nitrogen and oxygen atoms in total. The molecule has 0 aliphatic heterocycles. The molecule has 2 aromatic carbocycles. The quantitative estimate of drug-likeness (QED) is 0.0982. The van der Waals surface area contributed by atoms with Crippen LogP contribution in [-0.4, -0.2) is 18.5 Å². The Morgan fingerprint density at radius 1 is 0.771 bits per heavy atom. The molecule has 0 aliphatic rings. The topological polar surface area (TPSA) is 52.6 Å². The molecule has 0 saturated heterocycles. The van der Waals surface area contributed by atoms with Crippen LogP contribution >= 0.6 is 0 Å². The maximum Gasteiger partial charge on any atom is 0.330 e. The van der Waals surface area contributed by atoms with Gasteiger partial charge < -0.3 is 9.47 Å². The van der Waals surface area contributed by atoms with Crippen LogP contribution in [0.5, 0.6) is 0 Å². The molecule has 0 aromatic heterocycles. The predicted octanol–water partition coefficient (Wildman–Crippen LogP) is 7.61. The van der Waals surface area contributed by atoms with Crippen molar-refractivity contribution in [3.63, 3.8) is 0 Å². The van der Waals surface area contributed by atoms with E-state index in [0.717, 1.165) is 24.0 Å². The average molecular weight is 477 g/mol. The van der Waals surface area contributed by atoms with Crippen LogP contribution < -0.4 is 0 Å². The van der Waals surface area contributed by atoms with Gasteiger partial charge in [-0.25, -0.2) is 4.79 Å². The third kappa shape index (κ3) is 8.54. The van der Waals surface area contributed by atoms with Gasteiger partial charge in [0.05, 0.1) is 6.61 Å². The summed E-state index contributed by atoms with van der Waals surface area (Å²) in [5.41, 5.74) is 4.60. The van der Waals surface area contributed by atoms with Gasteiger partial charge in [0.25, 0.3) is 0 Å². The van der Waals surface area contributed by atoms with Crippen LogP contribution in [0.25, 0.3) is 11.3 Å². The van der Waals surface area contributed by atoms with Crippen LogP contribution in [0.3, 0.4) is 0 Å². The number of allylic oxidation sites excluding steroid dienone is 2. The molecular formula is C31H40O4. The first-order chi connectivity index (χ1) is 16.3. The van der Waals surface area contributed by atoms with Gasteiger partial charge in [-0.3, -0.25) is 4.79 Å². The molecule has 0 fully saturated rings. The smallest absolute Gasteiger partial charge is 0.330 e. The fraction of sp³-hybridized carbons (Fsp3) is 0.419.